The molecule has 2 heterocycles. The van der Waals surface area contributed by atoms with Gasteiger partial charge in [-0.25, -0.2) is 0 Å². The fourth-order valence-electron chi connectivity index (χ4n) is 8.41. The van der Waals surface area contributed by atoms with Crippen LogP contribution in [-0.2, 0) is 0 Å². The molecule has 0 bridgehead atoms. The third kappa shape index (κ3) is 6.63. The van der Waals surface area contributed by atoms with Crippen molar-refractivity contribution in [2.45, 2.75) is 39.2 Å². The number of benzene rings is 7. The van der Waals surface area contributed by atoms with Crippen molar-refractivity contribution in [2.24, 2.45) is 10.9 Å². The average Bonchev–Trinajstić information content (AvgIpc) is 3.61. The summed E-state index contributed by atoms with van der Waals surface area (Å²) in [7, 11) is 0. The molecule has 0 saturated carbocycles. The van der Waals surface area contributed by atoms with E-state index in [9.17, 15) is 0 Å². The smallest absolute Gasteiger partial charge is 0.0821 e. The zero-order valence-corrected chi connectivity index (χ0v) is 31.7. The van der Waals surface area contributed by atoms with Gasteiger partial charge in [-0.3, -0.25) is 4.99 Å². The Hall–Kier alpha value is -5.83. The van der Waals surface area contributed by atoms with Gasteiger partial charge >= 0.3 is 0 Å². The normalized spacial score (nSPS) is 17.6. The molecule has 0 amide bonds. The fraction of sp³-hybridized carbons (Fsp3) is 0.135. The first-order valence-electron chi connectivity index (χ1n) is 19.2. The Labute approximate surface area is 323 Å². The van der Waals surface area contributed by atoms with Gasteiger partial charge in [0.25, 0.3) is 0 Å². The van der Waals surface area contributed by atoms with Crippen LogP contribution >= 0.6 is 11.3 Å². The van der Waals surface area contributed by atoms with Crippen molar-refractivity contribution in [3.05, 3.63) is 198 Å². The molecule has 0 saturated heterocycles. The Balaban J connectivity index is 1.03. The monoisotopic (exact) mass is 713 g/mol. The van der Waals surface area contributed by atoms with E-state index >= 15 is 0 Å². The summed E-state index contributed by atoms with van der Waals surface area (Å²) >= 11 is 1.88. The van der Waals surface area contributed by atoms with Crippen LogP contribution in [-0.4, -0.2) is 5.71 Å². The average molecular weight is 714 g/mol. The Morgan fingerprint density at radius 2 is 1.02 bits per heavy atom. The van der Waals surface area contributed by atoms with Gasteiger partial charge in [0.1, 0.15) is 0 Å². The van der Waals surface area contributed by atoms with Crippen molar-refractivity contribution >= 4 is 42.8 Å². The van der Waals surface area contributed by atoms with Crippen molar-refractivity contribution < 1.29 is 0 Å². The summed E-state index contributed by atoms with van der Waals surface area (Å²) in [5, 5.41) is 2.68. The minimum absolute atomic E-state index is 0.0270. The number of rotatable bonds is 7. The third-order valence-electron chi connectivity index (χ3n) is 11.3. The van der Waals surface area contributed by atoms with E-state index in [1.165, 1.54) is 87.1 Å². The highest BCUT2D eigenvalue weighted by Gasteiger charge is 2.30. The number of hydrogen-bond acceptors (Lipinski definition) is 2. The molecule has 2 atom stereocenters. The Morgan fingerprint density at radius 3 is 1.70 bits per heavy atom. The summed E-state index contributed by atoms with van der Waals surface area (Å²) in [4.78, 5) is 5.71. The molecular formula is C52H43NS. The number of hydrogen-bond donors (Lipinski definition) is 0. The van der Waals surface area contributed by atoms with Crippen LogP contribution in [0.5, 0.6) is 0 Å². The maximum Gasteiger partial charge on any atom is 0.0821 e. The van der Waals surface area contributed by atoms with Crippen LogP contribution in [0, 0.1) is 5.92 Å². The van der Waals surface area contributed by atoms with Crippen molar-refractivity contribution in [1.29, 1.82) is 0 Å². The van der Waals surface area contributed by atoms with E-state index in [1.54, 1.807) is 0 Å². The minimum Gasteiger partial charge on any atom is -0.280 e. The molecule has 54 heavy (non-hydrogen) atoms. The summed E-state index contributed by atoms with van der Waals surface area (Å²) < 4.78 is 2.68. The molecular weight excluding hydrogens is 671 g/mol. The van der Waals surface area contributed by atoms with Crippen LogP contribution in [0.2, 0.25) is 0 Å². The molecule has 0 radical (unpaired) electrons. The molecule has 9 rings (SSSR count). The van der Waals surface area contributed by atoms with Crippen LogP contribution in [0.4, 0.5) is 0 Å². The Bertz CT molecular complexity index is 2630. The van der Waals surface area contributed by atoms with E-state index in [2.05, 4.69) is 190 Å². The second-order valence-electron chi connectivity index (χ2n) is 14.6. The van der Waals surface area contributed by atoms with Crippen LogP contribution < -0.4 is 0 Å². The van der Waals surface area contributed by atoms with Gasteiger partial charge in [0.2, 0.25) is 0 Å². The maximum absolute atomic E-state index is 5.71. The standard InChI is InChI=1S/C52H43NS/c1-3-45-51(40-28-26-39(27-29-40)43-18-12-17-42(33-43)38-24-22-37(23-25-38)36-13-6-4-7-14-36)35(2)21-32-48(53-52(45)41-15-8-5-9-16-41)44-30-31-47-46-19-10-11-20-49(46)54-50(47)34-44/h4-20,22-31,33-34,45,52H,3,21,32H2,1-2H3/b51-35+,53-48?. The van der Waals surface area contributed by atoms with Crippen LogP contribution in [0.15, 0.2) is 186 Å². The molecule has 0 N–H and O–H groups in total. The summed E-state index contributed by atoms with van der Waals surface area (Å²) in [6.07, 6.45) is 2.91. The van der Waals surface area contributed by atoms with Gasteiger partial charge in [-0.15, -0.1) is 11.3 Å². The molecule has 0 spiro atoms. The first-order valence-corrected chi connectivity index (χ1v) is 20.0. The highest BCUT2D eigenvalue weighted by Crippen LogP contribution is 2.44. The van der Waals surface area contributed by atoms with Crippen LogP contribution in [0.3, 0.4) is 0 Å². The highest BCUT2D eigenvalue weighted by molar-refractivity contribution is 7.25. The molecule has 2 heteroatoms. The zero-order chi connectivity index (χ0) is 36.4. The van der Waals surface area contributed by atoms with Crippen molar-refractivity contribution in [3.63, 3.8) is 0 Å². The second-order valence-corrected chi connectivity index (χ2v) is 15.6. The summed E-state index contributed by atoms with van der Waals surface area (Å²) in [6, 6.07) is 64.5. The molecule has 262 valence electrons. The minimum atomic E-state index is 0.0270. The molecule has 0 aliphatic carbocycles. The molecule has 1 aliphatic rings. The van der Waals surface area contributed by atoms with E-state index in [0.29, 0.717) is 0 Å². The van der Waals surface area contributed by atoms with Gasteiger partial charge in [0.05, 0.1) is 6.04 Å². The number of thiophene rings is 1. The molecule has 1 aliphatic heterocycles. The van der Waals surface area contributed by atoms with E-state index in [4.69, 9.17) is 4.99 Å². The van der Waals surface area contributed by atoms with Crippen molar-refractivity contribution in [3.8, 4) is 33.4 Å². The lowest BCUT2D eigenvalue weighted by atomic mass is 9.77. The predicted molar refractivity (Wildman–Crippen MR) is 233 cm³/mol. The predicted octanol–water partition coefficient (Wildman–Crippen LogP) is 14.9. The topological polar surface area (TPSA) is 12.4 Å². The van der Waals surface area contributed by atoms with Crippen LogP contribution in [0.25, 0.3) is 59.1 Å². The van der Waals surface area contributed by atoms with E-state index < -0.39 is 0 Å². The Morgan fingerprint density at radius 1 is 0.481 bits per heavy atom. The molecule has 2 unspecified atom stereocenters. The lowest BCUT2D eigenvalue weighted by Crippen LogP contribution is -2.19. The van der Waals surface area contributed by atoms with Gasteiger partial charge in [-0.2, -0.15) is 0 Å². The largest absolute Gasteiger partial charge is 0.280 e. The number of allylic oxidation sites excluding steroid dienone is 1. The molecule has 7 aromatic carbocycles. The van der Waals surface area contributed by atoms with Gasteiger partial charge in [-0.1, -0.05) is 170 Å². The van der Waals surface area contributed by atoms with E-state index in [-0.39, 0.29) is 12.0 Å². The zero-order valence-electron chi connectivity index (χ0n) is 30.9. The third-order valence-corrected chi connectivity index (χ3v) is 12.4. The van der Waals surface area contributed by atoms with Gasteiger partial charge in [0.15, 0.2) is 0 Å². The lowest BCUT2D eigenvalue weighted by molar-refractivity contribution is 0.516. The fourth-order valence-corrected chi connectivity index (χ4v) is 9.56. The van der Waals surface area contributed by atoms with Crippen molar-refractivity contribution in [1.82, 2.24) is 0 Å². The highest BCUT2D eigenvalue weighted by atomic mass is 32.1. The molecule has 1 aromatic heterocycles. The Kier molecular flexibility index (Phi) is 9.37. The summed E-state index contributed by atoms with van der Waals surface area (Å²) in [5.41, 5.74) is 15.4. The van der Waals surface area contributed by atoms with E-state index in [0.717, 1.165) is 19.3 Å². The first kappa shape index (κ1) is 34.0. The SMILES string of the molecule is CCC1/C(c2ccc(-c3cccc(-c4ccc(-c5ccccc5)cc4)c3)cc2)=C(\C)CCC(c2ccc3c(c2)sc2ccccc23)=NC1c1ccccc1. The molecule has 1 nitrogen and oxygen atoms in total. The second kappa shape index (κ2) is 14.9. The first-order chi connectivity index (χ1) is 26.6. The maximum atomic E-state index is 5.71. The van der Waals surface area contributed by atoms with E-state index in [1.807, 2.05) is 11.3 Å². The number of nitrogens with zero attached hydrogens (tertiary/aromatic N) is 1. The van der Waals surface area contributed by atoms with Gasteiger partial charge < -0.3 is 0 Å². The summed E-state index contributed by atoms with van der Waals surface area (Å²) in [5.74, 6) is 0.254. The van der Waals surface area contributed by atoms with Gasteiger partial charge in [-0.05, 0) is 100 Å². The van der Waals surface area contributed by atoms with Crippen LogP contribution in [0.1, 0.15) is 55.8 Å². The molecule has 8 aromatic rings. The summed E-state index contributed by atoms with van der Waals surface area (Å²) in [6.45, 7) is 4.69. The quantitative estimate of drug-likeness (QED) is 0.156. The molecule has 0 fully saturated rings. The van der Waals surface area contributed by atoms with Crippen molar-refractivity contribution in [2.75, 3.05) is 0 Å². The lowest BCUT2D eigenvalue weighted by Gasteiger charge is -2.31. The van der Waals surface area contributed by atoms with Gasteiger partial charge in [0, 0.05) is 31.8 Å². The number of fused-ring (bicyclic) bond motifs is 3. The number of aliphatic imine (C=N–C) groups is 1.